The second-order valence-corrected chi connectivity index (χ2v) is 6.11. The number of imidazole rings is 1. The zero-order chi connectivity index (χ0) is 13.8. The van der Waals surface area contributed by atoms with Crippen molar-refractivity contribution in [3.05, 3.63) is 23.5 Å². The first-order valence-corrected chi connectivity index (χ1v) is 8.15. The van der Waals surface area contributed by atoms with Crippen LogP contribution in [0.5, 0.6) is 0 Å². The molecular weight excluding hydrogens is 272 g/mol. The predicted octanol–water partition coefficient (Wildman–Crippen LogP) is 2.87. The van der Waals surface area contributed by atoms with Crippen molar-refractivity contribution in [2.75, 3.05) is 13.1 Å². The van der Waals surface area contributed by atoms with Crippen LogP contribution in [0.3, 0.4) is 0 Å². The number of aromatic nitrogens is 2. The van der Waals surface area contributed by atoms with Crippen LogP contribution in [-0.2, 0) is 6.54 Å². The number of likely N-dealkylation sites (tertiary alicyclic amines) is 1. The third-order valence-corrected chi connectivity index (χ3v) is 4.48. The van der Waals surface area contributed by atoms with Crippen molar-refractivity contribution >= 4 is 22.3 Å². The van der Waals surface area contributed by atoms with Crippen molar-refractivity contribution < 1.29 is 4.79 Å². The second-order valence-electron chi connectivity index (χ2n) is 5.24. The van der Waals surface area contributed by atoms with E-state index in [1.165, 1.54) is 19.3 Å². The molecule has 0 spiro atoms. The van der Waals surface area contributed by atoms with E-state index >= 15 is 0 Å². The summed E-state index contributed by atoms with van der Waals surface area (Å²) in [4.78, 5) is 19.6. The number of nitrogens with one attached hydrogen (secondary N) is 1. The summed E-state index contributed by atoms with van der Waals surface area (Å²) in [5, 5.41) is 4.99. The van der Waals surface area contributed by atoms with Crippen molar-refractivity contribution in [1.82, 2.24) is 19.6 Å². The molecule has 3 heterocycles. The molecule has 108 valence electrons. The van der Waals surface area contributed by atoms with Crippen molar-refractivity contribution in [3.8, 4) is 0 Å². The van der Waals surface area contributed by atoms with E-state index in [0.29, 0.717) is 6.54 Å². The first-order valence-electron chi connectivity index (χ1n) is 7.27. The third-order valence-electron chi connectivity index (χ3n) is 3.71. The van der Waals surface area contributed by atoms with Gasteiger partial charge >= 0.3 is 6.03 Å². The highest BCUT2D eigenvalue weighted by atomic mass is 32.1. The van der Waals surface area contributed by atoms with E-state index in [9.17, 15) is 4.79 Å². The maximum absolute atomic E-state index is 12.2. The van der Waals surface area contributed by atoms with Gasteiger partial charge in [-0.3, -0.25) is 4.40 Å². The van der Waals surface area contributed by atoms with Gasteiger partial charge in [0.15, 0.2) is 4.96 Å². The summed E-state index contributed by atoms with van der Waals surface area (Å²) in [5.74, 6) is 0. The molecule has 0 unspecified atom stereocenters. The maximum atomic E-state index is 12.2. The van der Waals surface area contributed by atoms with Gasteiger partial charge in [-0.25, -0.2) is 9.78 Å². The number of fused-ring (bicyclic) bond motifs is 1. The fourth-order valence-corrected chi connectivity index (χ4v) is 3.31. The van der Waals surface area contributed by atoms with Gasteiger partial charge in [0.05, 0.1) is 12.2 Å². The van der Waals surface area contributed by atoms with Gasteiger partial charge in [-0.05, 0) is 12.8 Å². The number of urea groups is 1. The highest BCUT2D eigenvalue weighted by molar-refractivity contribution is 7.15. The van der Waals surface area contributed by atoms with Gasteiger partial charge in [-0.2, -0.15) is 0 Å². The highest BCUT2D eigenvalue weighted by Crippen LogP contribution is 2.12. The summed E-state index contributed by atoms with van der Waals surface area (Å²) in [7, 11) is 0. The van der Waals surface area contributed by atoms with Gasteiger partial charge in [0.2, 0.25) is 0 Å². The van der Waals surface area contributed by atoms with Crippen LogP contribution in [0.4, 0.5) is 4.79 Å². The predicted molar refractivity (Wildman–Crippen MR) is 80.0 cm³/mol. The number of carbonyl (C=O) groups excluding carboxylic acids is 1. The van der Waals surface area contributed by atoms with E-state index in [2.05, 4.69) is 10.3 Å². The first kappa shape index (κ1) is 13.4. The number of hydrogen-bond acceptors (Lipinski definition) is 3. The Bertz CT molecular complexity index is 540. The summed E-state index contributed by atoms with van der Waals surface area (Å²) in [6.07, 6.45) is 9.97. The van der Waals surface area contributed by atoms with Gasteiger partial charge in [0, 0.05) is 30.9 Å². The lowest BCUT2D eigenvalue weighted by Gasteiger charge is -2.24. The smallest absolute Gasteiger partial charge is 0.317 e. The molecule has 0 bridgehead atoms. The molecule has 1 fully saturated rings. The van der Waals surface area contributed by atoms with Crippen LogP contribution in [0.1, 0.15) is 37.8 Å². The minimum absolute atomic E-state index is 0.0447. The van der Waals surface area contributed by atoms with E-state index in [0.717, 1.165) is 36.6 Å². The summed E-state index contributed by atoms with van der Waals surface area (Å²) in [6, 6.07) is 0.0447. The molecule has 0 saturated carbocycles. The molecule has 3 rings (SSSR count). The standard InChI is InChI=1S/C14H20N4OS/c19-13(17-6-4-2-1-3-5-7-17)15-10-12-11-18-8-9-20-14(18)16-12/h8-9,11H,1-7,10H2,(H,15,19). The maximum Gasteiger partial charge on any atom is 0.317 e. The van der Waals surface area contributed by atoms with Crippen LogP contribution in [0.25, 0.3) is 4.96 Å². The van der Waals surface area contributed by atoms with Gasteiger partial charge in [-0.15, -0.1) is 11.3 Å². The topological polar surface area (TPSA) is 49.6 Å². The molecule has 1 N–H and O–H groups in total. The summed E-state index contributed by atoms with van der Waals surface area (Å²) < 4.78 is 1.99. The van der Waals surface area contributed by atoms with Gasteiger partial charge < -0.3 is 10.2 Å². The highest BCUT2D eigenvalue weighted by Gasteiger charge is 2.14. The Labute approximate surface area is 122 Å². The van der Waals surface area contributed by atoms with E-state index in [4.69, 9.17) is 0 Å². The minimum Gasteiger partial charge on any atom is -0.332 e. The lowest BCUT2D eigenvalue weighted by molar-refractivity contribution is 0.191. The van der Waals surface area contributed by atoms with E-state index in [1.807, 2.05) is 27.1 Å². The minimum atomic E-state index is 0.0447. The Hall–Kier alpha value is -1.56. The van der Waals surface area contributed by atoms with Crippen LogP contribution in [0.15, 0.2) is 17.8 Å². The number of carbonyl (C=O) groups is 1. The summed E-state index contributed by atoms with van der Waals surface area (Å²) >= 11 is 1.60. The SMILES string of the molecule is O=C(NCc1cn2ccsc2n1)N1CCCCCCC1. The van der Waals surface area contributed by atoms with E-state index in [1.54, 1.807) is 11.3 Å². The lowest BCUT2D eigenvalue weighted by Crippen LogP contribution is -2.41. The third kappa shape index (κ3) is 3.12. The summed E-state index contributed by atoms with van der Waals surface area (Å²) in [6.45, 7) is 2.26. The van der Waals surface area contributed by atoms with Gasteiger partial charge in [-0.1, -0.05) is 19.3 Å². The van der Waals surface area contributed by atoms with Crippen LogP contribution in [0, 0.1) is 0 Å². The fourth-order valence-electron chi connectivity index (χ4n) is 2.59. The monoisotopic (exact) mass is 292 g/mol. The summed E-state index contributed by atoms with van der Waals surface area (Å²) in [5.41, 5.74) is 0.914. The molecule has 1 aliphatic rings. The number of thiazole rings is 1. The number of rotatable bonds is 2. The van der Waals surface area contributed by atoms with Gasteiger partial charge in [0.1, 0.15) is 0 Å². The number of amides is 2. The Morgan fingerprint density at radius 2 is 2.00 bits per heavy atom. The van der Waals surface area contributed by atoms with E-state index in [-0.39, 0.29) is 6.03 Å². The van der Waals surface area contributed by atoms with Crippen molar-refractivity contribution in [1.29, 1.82) is 0 Å². The Morgan fingerprint density at radius 1 is 1.25 bits per heavy atom. The molecule has 0 atom stereocenters. The van der Waals surface area contributed by atoms with Gasteiger partial charge in [0.25, 0.3) is 0 Å². The molecule has 2 amide bonds. The second kappa shape index (κ2) is 6.26. The Kier molecular flexibility index (Phi) is 4.20. The normalized spacial score (nSPS) is 16.9. The molecule has 1 saturated heterocycles. The zero-order valence-electron chi connectivity index (χ0n) is 11.5. The number of hydrogen-bond donors (Lipinski definition) is 1. The van der Waals surface area contributed by atoms with Crippen molar-refractivity contribution in [2.45, 2.75) is 38.6 Å². The molecule has 20 heavy (non-hydrogen) atoms. The van der Waals surface area contributed by atoms with Crippen LogP contribution in [0.2, 0.25) is 0 Å². The average Bonchev–Trinajstić information content (AvgIpc) is 2.96. The Balaban J connectivity index is 1.53. The van der Waals surface area contributed by atoms with Crippen LogP contribution in [-0.4, -0.2) is 33.4 Å². The van der Waals surface area contributed by atoms with Crippen LogP contribution >= 0.6 is 11.3 Å². The van der Waals surface area contributed by atoms with Crippen molar-refractivity contribution in [2.24, 2.45) is 0 Å². The van der Waals surface area contributed by atoms with Crippen LogP contribution < -0.4 is 5.32 Å². The lowest BCUT2D eigenvalue weighted by atomic mass is 10.1. The molecule has 6 heteroatoms. The zero-order valence-corrected chi connectivity index (χ0v) is 12.4. The molecule has 0 radical (unpaired) electrons. The largest absolute Gasteiger partial charge is 0.332 e. The molecular formula is C14H20N4OS. The first-order chi connectivity index (χ1) is 9.83. The molecule has 0 aliphatic carbocycles. The van der Waals surface area contributed by atoms with Crippen molar-refractivity contribution in [3.63, 3.8) is 0 Å². The van der Waals surface area contributed by atoms with E-state index < -0.39 is 0 Å². The molecule has 1 aliphatic heterocycles. The average molecular weight is 292 g/mol. The Morgan fingerprint density at radius 3 is 2.75 bits per heavy atom. The number of nitrogens with zero attached hydrogens (tertiary/aromatic N) is 3. The molecule has 2 aromatic rings. The molecule has 2 aromatic heterocycles. The molecule has 5 nitrogen and oxygen atoms in total. The quantitative estimate of drug-likeness (QED) is 0.925. The molecule has 0 aromatic carbocycles. The fraction of sp³-hybridized carbons (Fsp3) is 0.571.